The first-order valence-corrected chi connectivity index (χ1v) is 9.36. The van der Waals surface area contributed by atoms with Crippen molar-refractivity contribution in [1.82, 2.24) is 14.8 Å². The van der Waals surface area contributed by atoms with Crippen molar-refractivity contribution in [3.63, 3.8) is 0 Å². The normalized spacial score (nSPS) is 20.1. The molecule has 1 N–H and O–H groups in total. The van der Waals surface area contributed by atoms with E-state index in [0.717, 1.165) is 5.75 Å². The number of benzene rings is 1. The monoisotopic (exact) mass is 370 g/mol. The van der Waals surface area contributed by atoms with Crippen molar-refractivity contribution < 1.29 is 9.94 Å². The lowest BCUT2D eigenvalue weighted by atomic mass is 9.74. The molecule has 1 aromatic carbocycles. The zero-order valence-electron chi connectivity index (χ0n) is 17.3. The molecule has 2 aromatic rings. The molecular formula is C21H30N4O2. The summed E-state index contributed by atoms with van der Waals surface area (Å²) in [6.07, 6.45) is 3.61. The largest absolute Gasteiger partial charge is 0.487 e. The van der Waals surface area contributed by atoms with Crippen molar-refractivity contribution in [3.8, 4) is 5.75 Å². The first-order chi connectivity index (χ1) is 12.5. The Morgan fingerprint density at radius 1 is 1.19 bits per heavy atom. The van der Waals surface area contributed by atoms with Gasteiger partial charge in [-0.1, -0.05) is 58.8 Å². The number of aromatic nitrogens is 3. The first-order valence-electron chi connectivity index (χ1n) is 9.36. The van der Waals surface area contributed by atoms with Crippen LogP contribution >= 0.6 is 0 Å². The van der Waals surface area contributed by atoms with E-state index in [2.05, 4.69) is 48.1 Å². The Morgan fingerprint density at radius 2 is 1.89 bits per heavy atom. The molecule has 6 nitrogen and oxygen atoms in total. The van der Waals surface area contributed by atoms with Gasteiger partial charge in [-0.25, -0.2) is 9.67 Å². The first kappa shape index (κ1) is 19.4. The van der Waals surface area contributed by atoms with Gasteiger partial charge in [-0.2, -0.15) is 5.10 Å². The Labute approximate surface area is 161 Å². The van der Waals surface area contributed by atoms with Crippen LogP contribution in [0.25, 0.3) is 0 Å². The number of nitrogens with zero attached hydrogens (tertiary/aromatic N) is 4. The molecule has 0 bridgehead atoms. The molecule has 2 atom stereocenters. The molecule has 2 unspecified atom stereocenters. The second-order valence-corrected chi connectivity index (χ2v) is 9.57. The maximum atomic E-state index is 9.90. The van der Waals surface area contributed by atoms with Gasteiger partial charge in [-0.05, 0) is 29.5 Å². The van der Waals surface area contributed by atoms with Gasteiger partial charge >= 0.3 is 0 Å². The Bertz CT molecular complexity index is 844. The van der Waals surface area contributed by atoms with Crippen molar-refractivity contribution in [1.29, 1.82) is 0 Å². The summed E-state index contributed by atoms with van der Waals surface area (Å²) in [5.41, 5.74) is 1.99. The number of ether oxygens (including phenoxy) is 1. The van der Waals surface area contributed by atoms with Crippen molar-refractivity contribution in [2.75, 3.05) is 0 Å². The number of hydrogen-bond donors (Lipinski definition) is 1. The van der Waals surface area contributed by atoms with Gasteiger partial charge < -0.3 is 9.94 Å². The van der Waals surface area contributed by atoms with E-state index >= 15 is 0 Å². The SMILES string of the molecule is CC(C)(C)C(=NO)C(C)(C1Cc2cc(C(C)(C)C)ccc2O1)n1cncn1. The Kier molecular flexibility index (Phi) is 4.57. The van der Waals surface area contributed by atoms with Gasteiger partial charge in [0.2, 0.25) is 0 Å². The summed E-state index contributed by atoms with van der Waals surface area (Å²) >= 11 is 0. The number of fused-ring (bicyclic) bond motifs is 1. The summed E-state index contributed by atoms with van der Waals surface area (Å²) in [5, 5.41) is 18.0. The zero-order valence-corrected chi connectivity index (χ0v) is 17.3. The molecule has 0 spiro atoms. The zero-order chi connectivity index (χ0) is 20.0. The van der Waals surface area contributed by atoms with Crippen LogP contribution in [0.15, 0.2) is 36.0 Å². The summed E-state index contributed by atoms with van der Waals surface area (Å²) in [6.45, 7) is 14.7. The number of hydrogen-bond acceptors (Lipinski definition) is 5. The van der Waals surface area contributed by atoms with Crippen LogP contribution < -0.4 is 4.74 Å². The van der Waals surface area contributed by atoms with Gasteiger partial charge in [0.25, 0.3) is 0 Å². The van der Waals surface area contributed by atoms with E-state index in [-0.39, 0.29) is 16.9 Å². The summed E-state index contributed by atoms with van der Waals surface area (Å²) in [4.78, 5) is 4.11. The highest BCUT2D eigenvalue weighted by Crippen LogP contribution is 2.41. The smallest absolute Gasteiger partial charge is 0.140 e. The molecular weight excluding hydrogens is 340 g/mol. The molecule has 27 heavy (non-hydrogen) atoms. The third-order valence-corrected chi connectivity index (χ3v) is 5.41. The average molecular weight is 370 g/mol. The summed E-state index contributed by atoms with van der Waals surface area (Å²) in [6, 6.07) is 6.40. The summed E-state index contributed by atoms with van der Waals surface area (Å²) in [7, 11) is 0. The van der Waals surface area contributed by atoms with E-state index in [1.165, 1.54) is 17.5 Å². The van der Waals surface area contributed by atoms with Crippen molar-refractivity contribution in [2.24, 2.45) is 10.6 Å². The molecule has 1 aliphatic rings. The van der Waals surface area contributed by atoms with Crippen LogP contribution in [0.2, 0.25) is 0 Å². The lowest BCUT2D eigenvalue weighted by Crippen LogP contribution is -2.55. The van der Waals surface area contributed by atoms with E-state index in [4.69, 9.17) is 4.74 Å². The van der Waals surface area contributed by atoms with Gasteiger partial charge in [0.15, 0.2) is 0 Å². The van der Waals surface area contributed by atoms with E-state index < -0.39 is 5.54 Å². The van der Waals surface area contributed by atoms with Gasteiger partial charge in [0.05, 0.1) is 5.71 Å². The highest BCUT2D eigenvalue weighted by Gasteiger charge is 2.50. The van der Waals surface area contributed by atoms with E-state index in [0.29, 0.717) is 12.1 Å². The molecule has 0 amide bonds. The second-order valence-electron chi connectivity index (χ2n) is 9.57. The van der Waals surface area contributed by atoms with Crippen LogP contribution in [0.5, 0.6) is 5.75 Å². The lowest BCUT2D eigenvalue weighted by Gasteiger charge is -2.40. The predicted octanol–water partition coefficient (Wildman–Crippen LogP) is 4.17. The molecule has 3 rings (SSSR count). The van der Waals surface area contributed by atoms with Crippen LogP contribution in [0.3, 0.4) is 0 Å². The fraction of sp³-hybridized carbons (Fsp3) is 0.571. The van der Waals surface area contributed by atoms with Crippen LogP contribution in [0.1, 0.15) is 59.6 Å². The lowest BCUT2D eigenvalue weighted by molar-refractivity contribution is 0.114. The summed E-state index contributed by atoms with van der Waals surface area (Å²) < 4.78 is 8.11. The van der Waals surface area contributed by atoms with Crippen molar-refractivity contribution in [2.45, 2.75) is 71.9 Å². The van der Waals surface area contributed by atoms with Crippen LogP contribution in [-0.4, -0.2) is 31.8 Å². The van der Waals surface area contributed by atoms with Gasteiger partial charge in [0, 0.05) is 11.8 Å². The predicted molar refractivity (Wildman–Crippen MR) is 106 cm³/mol. The molecule has 0 saturated heterocycles. The topological polar surface area (TPSA) is 72.5 Å². The van der Waals surface area contributed by atoms with Gasteiger partial charge in [-0.3, -0.25) is 0 Å². The molecule has 6 heteroatoms. The molecule has 2 heterocycles. The standard InChI is InChI=1S/C21H30N4O2/c1-19(2,3)15-8-9-16-14(10-15)11-17(27-16)21(7,25-13-22-12-23-25)18(24-26)20(4,5)6/h8-10,12-13,17,26H,11H2,1-7H3. The second kappa shape index (κ2) is 6.36. The van der Waals surface area contributed by atoms with Gasteiger partial charge in [0.1, 0.15) is 30.0 Å². The Balaban J connectivity index is 2.05. The van der Waals surface area contributed by atoms with E-state index in [9.17, 15) is 5.21 Å². The number of rotatable bonds is 3. The number of oxime groups is 1. The third kappa shape index (κ3) is 3.33. The van der Waals surface area contributed by atoms with Crippen molar-refractivity contribution in [3.05, 3.63) is 42.0 Å². The summed E-state index contributed by atoms with van der Waals surface area (Å²) in [5.74, 6) is 0.880. The quantitative estimate of drug-likeness (QED) is 0.500. The molecule has 0 saturated carbocycles. The molecule has 0 fully saturated rings. The molecule has 146 valence electrons. The molecule has 1 aromatic heterocycles. The van der Waals surface area contributed by atoms with E-state index in [1.807, 2.05) is 33.8 Å². The fourth-order valence-electron chi connectivity index (χ4n) is 3.90. The highest BCUT2D eigenvalue weighted by molar-refractivity contribution is 5.96. The highest BCUT2D eigenvalue weighted by atomic mass is 16.5. The van der Waals surface area contributed by atoms with Crippen LogP contribution in [-0.2, 0) is 17.4 Å². The minimum Gasteiger partial charge on any atom is -0.487 e. The van der Waals surface area contributed by atoms with E-state index in [1.54, 1.807) is 11.0 Å². The molecule has 1 aliphatic heterocycles. The third-order valence-electron chi connectivity index (χ3n) is 5.41. The average Bonchev–Trinajstić information content (AvgIpc) is 3.22. The van der Waals surface area contributed by atoms with Crippen LogP contribution in [0, 0.1) is 5.41 Å². The minimum atomic E-state index is -0.773. The fourth-order valence-corrected chi connectivity index (χ4v) is 3.90. The maximum Gasteiger partial charge on any atom is 0.140 e. The van der Waals surface area contributed by atoms with Crippen molar-refractivity contribution >= 4 is 5.71 Å². The van der Waals surface area contributed by atoms with Crippen LogP contribution in [0.4, 0.5) is 0 Å². The molecule has 0 aliphatic carbocycles. The Hall–Kier alpha value is -2.37. The minimum absolute atomic E-state index is 0.0749. The van der Waals surface area contributed by atoms with Gasteiger partial charge in [-0.15, -0.1) is 0 Å². The Morgan fingerprint density at radius 3 is 2.41 bits per heavy atom. The maximum absolute atomic E-state index is 9.90. The molecule has 0 radical (unpaired) electrons.